The summed E-state index contributed by atoms with van der Waals surface area (Å²) in [4.78, 5) is 21.0. The SMILES string of the molecule is CSCCCCCCNC1=NCC2CN(C(=O)OC(C)(C)C)CCN12.I. The van der Waals surface area contributed by atoms with Crippen LogP contribution in [0.25, 0.3) is 0 Å². The van der Waals surface area contributed by atoms with Crippen LogP contribution >= 0.6 is 35.7 Å². The number of hydrogen-bond acceptors (Lipinski definition) is 6. The van der Waals surface area contributed by atoms with Gasteiger partial charge in [-0.25, -0.2) is 4.79 Å². The highest BCUT2D eigenvalue weighted by atomic mass is 127. The van der Waals surface area contributed by atoms with E-state index in [1.807, 2.05) is 37.4 Å². The average molecular weight is 498 g/mol. The number of rotatable bonds is 7. The maximum atomic E-state index is 12.2. The topological polar surface area (TPSA) is 57.2 Å². The van der Waals surface area contributed by atoms with E-state index in [1.165, 1.54) is 31.4 Å². The lowest BCUT2D eigenvalue weighted by atomic mass is 10.2. The van der Waals surface area contributed by atoms with Crippen molar-refractivity contribution in [1.29, 1.82) is 0 Å². The molecule has 2 aliphatic rings. The molecule has 2 heterocycles. The molecule has 0 saturated carbocycles. The fraction of sp³-hybridized carbons (Fsp3) is 0.889. The molecular weight excluding hydrogens is 463 g/mol. The van der Waals surface area contributed by atoms with Crippen LogP contribution in [-0.2, 0) is 4.74 Å². The molecule has 0 aromatic carbocycles. The normalized spacial score (nSPS) is 19.5. The number of piperazine rings is 1. The number of halogens is 1. The van der Waals surface area contributed by atoms with Crippen molar-refractivity contribution in [1.82, 2.24) is 15.1 Å². The predicted molar refractivity (Wildman–Crippen MR) is 121 cm³/mol. The van der Waals surface area contributed by atoms with Crippen LogP contribution in [-0.4, -0.2) is 78.2 Å². The summed E-state index contributed by atoms with van der Waals surface area (Å²) in [5.74, 6) is 2.28. The third kappa shape index (κ3) is 7.70. The lowest BCUT2D eigenvalue weighted by Gasteiger charge is -2.39. The Morgan fingerprint density at radius 3 is 2.69 bits per heavy atom. The molecule has 0 spiro atoms. The number of hydrogen-bond donors (Lipinski definition) is 1. The lowest BCUT2D eigenvalue weighted by molar-refractivity contribution is 0.0137. The molecule has 1 unspecified atom stereocenters. The van der Waals surface area contributed by atoms with Gasteiger partial charge in [0.25, 0.3) is 0 Å². The average Bonchev–Trinajstić information content (AvgIpc) is 2.95. The number of fused-ring (bicyclic) bond motifs is 1. The lowest BCUT2D eigenvalue weighted by Crippen LogP contribution is -2.57. The molecule has 0 aromatic rings. The zero-order chi connectivity index (χ0) is 18.3. The van der Waals surface area contributed by atoms with Crippen LogP contribution in [0.4, 0.5) is 4.79 Å². The summed E-state index contributed by atoms with van der Waals surface area (Å²) in [6.45, 7) is 9.67. The number of thioether (sulfide) groups is 1. The number of carbonyl (C=O) groups excluding carboxylic acids is 1. The number of ether oxygens (including phenoxy) is 1. The van der Waals surface area contributed by atoms with E-state index in [-0.39, 0.29) is 36.1 Å². The van der Waals surface area contributed by atoms with Crippen LogP contribution in [0.2, 0.25) is 0 Å². The summed E-state index contributed by atoms with van der Waals surface area (Å²) in [6.07, 6.45) is 7.05. The minimum absolute atomic E-state index is 0. The molecule has 0 aromatic heterocycles. The first-order valence-corrected chi connectivity index (χ1v) is 10.8. The van der Waals surface area contributed by atoms with Crippen LogP contribution in [0.15, 0.2) is 4.99 Å². The Morgan fingerprint density at radius 2 is 2.00 bits per heavy atom. The molecule has 6 nitrogen and oxygen atoms in total. The van der Waals surface area contributed by atoms with Crippen LogP contribution in [0.3, 0.4) is 0 Å². The van der Waals surface area contributed by atoms with Gasteiger partial charge in [-0.2, -0.15) is 11.8 Å². The van der Waals surface area contributed by atoms with Crippen molar-refractivity contribution >= 4 is 47.8 Å². The Morgan fingerprint density at radius 1 is 1.27 bits per heavy atom. The molecular formula is C18H35IN4O2S. The molecule has 2 rings (SSSR count). The van der Waals surface area contributed by atoms with Crippen LogP contribution in [0.5, 0.6) is 0 Å². The van der Waals surface area contributed by atoms with Gasteiger partial charge in [0.05, 0.1) is 12.6 Å². The van der Waals surface area contributed by atoms with E-state index in [0.29, 0.717) is 13.1 Å². The number of unbranched alkanes of at least 4 members (excludes halogenated alkanes) is 3. The number of nitrogens with one attached hydrogen (secondary N) is 1. The van der Waals surface area contributed by atoms with Gasteiger partial charge in [0.15, 0.2) is 5.96 Å². The van der Waals surface area contributed by atoms with Gasteiger partial charge in [-0.3, -0.25) is 4.99 Å². The van der Waals surface area contributed by atoms with Gasteiger partial charge >= 0.3 is 6.09 Å². The van der Waals surface area contributed by atoms with Crippen molar-refractivity contribution in [2.75, 3.05) is 44.7 Å². The van der Waals surface area contributed by atoms with Gasteiger partial charge < -0.3 is 19.9 Å². The molecule has 1 N–H and O–H groups in total. The number of carbonyl (C=O) groups is 1. The zero-order valence-electron chi connectivity index (χ0n) is 16.6. The first kappa shape index (κ1) is 23.7. The van der Waals surface area contributed by atoms with Crippen molar-refractivity contribution in [3.8, 4) is 0 Å². The van der Waals surface area contributed by atoms with Gasteiger partial charge in [0, 0.05) is 26.2 Å². The van der Waals surface area contributed by atoms with Crippen molar-refractivity contribution in [2.24, 2.45) is 4.99 Å². The molecule has 2 aliphatic heterocycles. The minimum Gasteiger partial charge on any atom is -0.444 e. The van der Waals surface area contributed by atoms with E-state index < -0.39 is 5.60 Å². The van der Waals surface area contributed by atoms with Crippen molar-refractivity contribution in [3.05, 3.63) is 0 Å². The largest absolute Gasteiger partial charge is 0.444 e. The van der Waals surface area contributed by atoms with E-state index in [2.05, 4.69) is 21.5 Å². The monoisotopic (exact) mass is 498 g/mol. The molecule has 26 heavy (non-hydrogen) atoms. The Hall–Kier alpha value is -0.380. The first-order chi connectivity index (χ1) is 11.9. The summed E-state index contributed by atoms with van der Waals surface area (Å²) < 4.78 is 5.49. The minimum atomic E-state index is -0.442. The highest BCUT2D eigenvalue weighted by molar-refractivity contribution is 14.0. The predicted octanol–water partition coefficient (Wildman–Crippen LogP) is 3.41. The van der Waals surface area contributed by atoms with Crippen molar-refractivity contribution in [2.45, 2.75) is 58.1 Å². The molecule has 152 valence electrons. The van der Waals surface area contributed by atoms with Gasteiger partial charge in [-0.05, 0) is 45.6 Å². The van der Waals surface area contributed by atoms with Gasteiger partial charge in [-0.15, -0.1) is 24.0 Å². The standard InChI is InChI=1S/C18H34N4O2S.HI/c1-18(2,3)24-17(23)21-10-11-22-15(14-21)13-20-16(22)19-9-7-5-6-8-12-25-4;/h15H,5-14H2,1-4H3,(H,19,20);1H. The van der Waals surface area contributed by atoms with E-state index in [4.69, 9.17) is 4.74 Å². The molecule has 0 radical (unpaired) electrons. The first-order valence-electron chi connectivity index (χ1n) is 9.42. The molecule has 1 atom stereocenters. The highest BCUT2D eigenvalue weighted by Gasteiger charge is 2.36. The quantitative estimate of drug-likeness (QED) is 0.431. The molecule has 0 aliphatic carbocycles. The zero-order valence-corrected chi connectivity index (χ0v) is 19.8. The fourth-order valence-electron chi connectivity index (χ4n) is 3.15. The summed E-state index contributed by atoms with van der Waals surface area (Å²) in [5, 5.41) is 3.49. The molecule has 1 saturated heterocycles. The second kappa shape index (κ2) is 11.5. The van der Waals surface area contributed by atoms with Gasteiger partial charge in [0.2, 0.25) is 0 Å². The second-order valence-corrected chi connectivity index (χ2v) is 8.76. The summed E-state index contributed by atoms with van der Waals surface area (Å²) in [7, 11) is 0. The number of nitrogens with zero attached hydrogens (tertiary/aromatic N) is 3. The third-order valence-corrected chi connectivity index (χ3v) is 5.11. The van der Waals surface area contributed by atoms with Crippen molar-refractivity contribution < 1.29 is 9.53 Å². The maximum Gasteiger partial charge on any atom is 0.410 e. The Kier molecular flexibility index (Phi) is 10.4. The number of amides is 1. The highest BCUT2D eigenvalue weighted by Crippen LogP contribution is 2.18. The van der Waals surface area contributed by atoms with Gasteiger partial charge in [-0.1, -0.05) is 12.8 Å². The number of guanidine groups is 1. The Balaban J connectivity index is 0.00000338. The summed E-state index contributed by atoms with van der Waals surface area (Å²) in [6, 6.07) is 0.283. The molecule has 8 heteroatoms. The van der Waals surface area contributed by atoms with E-state index in [1.54, 1.807) is 0 Å². The summed E-state index contributed by atoms with van der Waals surface area (Å²) >= 11 is 1.92. The Bertz CT molecular complexity index is 471. The van der Waals surface area contributed by atoms with Crippen LogP contribution in [0.1, 0.15) is 46.5 Å². The van der Waals surface area contributed by atoms with E-state index in [0.717, 1.165) is 25.6 Å². The number of aliphatic imine (C=N–C) groups is 1. The van der Waals surface area contributed by atoms with E-state index in [9.17, 15) is 4.79 Å². The summed E-state index contributed by atoms with van der Waals surface area (Å²) in [5.41, 5.74) is -0.442. The third-order valence-electron chi connectivity index (χ3n) is 4.42. The Labute approximate surface area is 179 Å². The van der Waals surface area contributed by atoms with Crippen LogP contribution < -0.4 is 5.32 Å². The van der Waals surface area contributed by atoms with Gasteiger partial charge in [0.1, 0.15) is 5.60 Å². The second-order valence-electron chi connectivity index (χ2n) is 7.77. The smallest absolute Gasteiger partial charge is 0.410 e. The van der Waals surface area contributed by atoms with Crippen molar-refractivity contribution in [3.63, 3.8) is 0 Å². The molecule has 1 fully saturated rings. The van der Waals surface area contributed by atoms with E-state index >= 15 is 0 Å². The van der Waals surface area contributed by atoms with Crippen LogP contribution in [0, 0.1) is 0 Å². The molecule has 0 bridgehead atoms. The maximum absolute atomic E-state index is 12.2. The molecule has 1 amide bonds. The fourth-order valence-corrected chi connectivity index (χ4v) is 3.64.